The molecule has 0 fully saturated rings. The van der Waals surface area contributed by atoms with E-state index in [1.54, 1.807) is 0 Å². The van der Waals surface area contributed by atoms with Gasteiger partial charge in [0.2, 0.25) is 0 Å². The number of hydrogen-bond donors (Lipinski definition) is 2. The van der Waals surface area contributed by atoms with E-state index in [4.69, 9.17) is 5.73 Å². The van der Waals surface area contributed by atoms with Crippen LogP contribution in [0.15, 0.2) is 6.07 Å². The van der Waals surface area contributed by atoms with Crippen molar-refractivity contribution in [1.29, 1.82) is 0 Å². The predicted octanol–water partition coefficient (Wildman–Crippen LogP) is 0.559. The number of aromatic nitrogens is 2. The summed E-state index contributed by atoms with van der Waals surface area (Å²) in [4.78, 5) is 23.3. The molecule has 0 aliphatic heterocycles. The van der Waals surface area contributed by atoms with Crippen LogP contribution in [0.4, 0.5) is 19.0 Å². The van der Waals surface area contributed by atoms with Crippen molar-refractivity contribution in [3.05, 3.63) is 11.8 Å². The van der Waals surface area contributed by atoms with Crippen molar-refractivity contribution in [2.24, 2.45) is 0 Å². The molecule has 0 radical (unpaired) electrons. The molecule has 20 heavy (non-hydrogen) atoms. The van der Waals surface area contributed by atoms with Gasteiger partial charge in [0.05, 0.1) is 13.5 Å². The third kappa shape index (κ3) is 4.78. The summed E-state index contributed by atoms with van der Waals surface area (Å²) in [5.41, 5.74) is 5.09. The van der Waals surface area contributed by atoms with E-state index in [-0.39, 0.29) is 17.9 Å². The van der Waals surface area contributed by atoms with Gasteiger partial charge in [-0.1, -0.05) is 0 Å². The molecule has 1 rings (SSSR count). The van der Waals surface area contributed by atoms with Gasteiger partial charge in [-0.05, 0) is 0 Å². The Hall–Kier alpha value is -2.26. The number of nitrogen functional groups attached to an aromatic ring is 1. The predicted molar refractivity (Wildman–Crippen MR) is 61.6 cm³/mol. The van der Waals surface area contributed by atoms with Crippen LogP contribution in [-0.4, -0.2) is 53.3 Å². The molecule has 1 heterocycles. The zero-order chi connectivity index (χ0) is 15.3. The monoisotopic (exact) mass is 294 g/mol. The van der Waals surface area contributed by atoms with E-state index < -0.39 is 31.1 Å². The van der Waals surface area contributed by atoms with Gasteiger partial charge in [0.1, 0.15) is 18.1 Å². The first-order valence-corrected chi connectivity index (χ1v) is 5.46. The Balaban J connectivity index is 2.80. The molecule has 1 aromatic heterocycles. The van der Waals surface area contributed by atoms with Crippen LogP contribution in [0.2, 0.25) is 0 Å². The quantitative estimate of drug-likeness (QED) is 0.773. The first-order valence-electron chi connectivity index (χ1n) is 5.46. The number of H-pyrrole nitrogens is 1. The smallest absolute Gasteiger partial charge is 0.406 e. The summed E-state index contributed by atoms with van der Waals surface area (Å²) in [5.74, 6) is -1.68. The fourth-order valence-corrected chi connectivity index (χ4v) is 1.41. The highest BCUT2D eigenvalue weighted by molar-refractivity contribution is 5.93. The molecule has 0 bridgehead atoms. The number of halogens is 3. The second kappa shape index (κ2) is 6.26. The molecule has 3 N–H and O–H groups in total. The molecule has 0 aromatic carbocycles. The van der Waals surface area contributed by atoms with E-state index >= 15 is 0 Å². The molecule has 0 saturated carbocycles. The second-order valence-corrected chi connectivity index (χ2v) is 3.87. The van der Waals surface area contributed by atoms with Gasteiger partial charge in [-0.2, -0.15) is 18.3 Å². The lowest BCUT2D eigenvalue weighted by atomic mass is 10.3. The van der Waals surface area contributed by atoms with Gasteiger partial charge in [0.25, 0.3) is 5.91 Å². The Kier molecular flexibility index (Phi) is 4.94. The lowest BCUT2D eigenvalue weighted by molar-refractivity contribution is -0.147. The van der Waals surface area contributed by atoms with Crippen molar-refractivity contribution in [1.82, 2.24) is 15.1 Å². The Bertz CT molecular complexity index is 486. The number of aromatic amines is 1. The van der Waals surface area contributed by atoms with Gasteiger partial charge in [0, 0.05) is 12.6 Å². The Morgan fingerprint density at radius 2 is 2.15 bits per heavy atom. The van der Waals surface area contributed by atoms with Crippen molar-refractivity contribution in [2.45, 2.75) is 12.6 Å². The fraction of sp³-hybridized carbons (Fsp3) is 0.500. The number of alkyl halides is 3. The number of carbonyl (C=O) groups is 2. The van der Waals surface area contributed by atoms with Crippen LogP contribution in [0.5, 0.6) is 0 Å². The van der Waals surface area contributed by atoms with Crippen LogP contribution < -0.4 is 5.73 Å². The Morgan fingerprint density at radius 3 is 2.60 bits per heavy atom. The fourth-order valence-electron chi connectivity index (χ4n) is 1.41. The van der Waals surface area contributed by atoms with E-state index in [1.165, 1.54) is 0 Å². The van der Waals surface area contributed by atoms with Crippen LogP contribution in [-0.2, 0) is 9.53 Å². The molecule has 1 amide bonds. The Labute approximate surface area is 111 Å². The van der Waals surface area contributed by atoms with E-state index in [0.717, 1.165) is 13.2 Å². The number of nitrogens with zero attached hydrogens (tertiary/aromatic N) is 2. The number of carbonyl (C=O) groups excluding carboxylic acids is 2. The minimum atomic E-state index is -4.59. The number of rotatable bonds is 5. The molecule has 0 aliphatic rings. The molecule has 112 valence electrons. The van der Waals surface area contributed by atoms with Crippen molar-refractivity contribution in [2.75, 3.05) is 25.9 Å². The van der Waals surface area contributed by atoms with Crippen LogP contribution >= 0.6 is 0 Å². The average molecular weight is 294 g/mol. The van der Waals surface area contributed by atoms with Gasteiger partial charge >= 0.3 is 12.1 Å². The lowest BCUT2D eigenvalue weighted by Crippen LogP contribution is -2.40. The number of methoxy groups -OCH3 is 1. The normalized spacial score (nSPS) is 11.2. The highest BCUT2D eigenvalue weighted by Crippen LogP contribution is 2.18. The van der Waals surface area contributed by atoms with Crippen LogP contribution in [0.25, 0.3) is 0 Å². The zero-order valence-corrected chi connectivity index (χ0v) is 10.5. The van der Waals surface area contributed by atoms with E-state index in [0.29, 0.717) is 4.90 Å². The van der Waals surface area contributed by atoms with Gasteiger partial charge in [-0.3, -0.25) is 14.7 Å². The second-order valence-electron chi connectivity index (χ2n) is 3.87. The molecule has 10 heteroatoms. The summed E-state index contributed by atoms with van der Waals surface area (Å²) < 4.78 is 41.6. The summed E-state index contributed by atoms with van der Waals surface area (Å²) in [6, 6.07) is 1.11. The van der Waals surface area contributed by atoms with Crippen LogP contribution in [0.3, 0.4) is 0 Å². The van der Waals surface area contributed by atoms with Gasteiger partial charge in [0.15, 0.2) is 0 Å². The molecule has 0 saturated heterocycles. The standard InChI is InChI=1S/C10H13F3N4O3/c1-20-8(18)2-3-17(5-10(11,12)13)9(19)6-4-7(14)16-15-6/h4H,2-3,5H2,1H3,(H3,14,15,16). The number of amides is 1. The first kappa shape index (κ1) is 15.8. The van der Waals surface area contributed by atoms with Crippen LogP contribution in [0.1, 0.15) is 16.9 Å². The van der Waals surface area contributed by atoms with E-state index in [1.807, 2.05) is 0 Å². The van der Waals surface area contributed by atoms with Crippen LogP contribution in [0, 0.1) is 0 Å². The minimum Gasteiger partial charge on any atom is -0.469 e. The third-order valence-electron chi connectivity index (χ3n) is 2.30. The largest absolute Gasteiger partial charge is 0.469 e. The van der Waals surface area contributed by atoms with E-state index in [2.05, 4.69) is 14.9 Å². The molecule has 7 nitrogen and oxygen atoms in total. The van der Waals surface area contributed by atoms with Gasteiger partial charge < -0.3 is 15.4 Å². The van der Waals surface area contributed by atoms with Crippen molar-refractivity contribution in [3.8, 4) is 0 Å². The number of nitrogens with one attached hydrogen (secondary N) is 1. The topological polar surface area (TPSA) is 101 Å². The molecule has 1 aromatic rings. The number of hydrogen-bond acceptors (Lipinski definition) is 5. The number of ether oxygens (including phenoxy) is 1. The maximum atomic E-state index is 12.4. The molecular weight excluding hydrogens is 281 g/mol. The van der Waals surface area contributed by atoms with Crippen molar-refractivity contribution < 1.29 is 27.5 Å². The molecular formula is C10H13F3N4O3. The maximum Gasteiger partial charge on any atom is 0.406 e. The van der Waals surface area contributed by atoms with Gasteiger partial charge in [-0.25, -0.2) is 0 Å². The molecule has 0 spiro atoms. The average Bonchev–Trinajstić information content (AvgIpc) is 2.78. The number of esters is 1. The van der Waals surface area contributed by atoms with Gasteiger partial charge in [-0.15, -0.1) is 0 Å². The molecule has 0 unspecified atom stereocenters. The lowest BCUT2D eigenvalue weighted by Gasteiger charge is -2.22. The van der Waals surface area contributed by atoms with Crippen molar-refractivity contribution >= 4 is 17.7 Å². The summed E-state index contributed by atoms with van der Waals surface area (Å²) in [6.07, 6.45) is -4.93. The molecule has 0 aliphatic carbocycles. The first-order chi connectivity index (χ1) is 9.23. The number of nitrogens with two attached hydrogens (primary N) is 1. The van der Waals surface area contributed by atoms with E-state index in [9.17, 15) is 22.8 Å². The number of anilines is 1. The highest BCUT2D eigenvalue weighted by Gasteiger charge is 2.34. The SMILES string of the molecule is COC(=O)CCN(CC(F)(F)F)C(=O)c1cc(N)n[nH]1. The summed E-state index contributed by atoms with van der Waals surface area (Å²) in [6.45, 7) is -1.91. The third-order valence-corrected chi connectivity index (χ3v) is 2.30. The summed E-state index contributed by atoms with van der Waals surface area (Å²) >= 11 is 0. The summed E-state index contributed by atoms with van der Waals surface area (Å²) in [7, 11) is 1.11. The zero-order valence-electron chi connectivity index (χ0n) is 10.5. The highest BCUT2D eigenvalue weighted by atomic mass is 19.4. The Morgan fingerprint density at radius 1 is 1.50 bits per heavy atom. The maximum absolute atomic E-state index is 12.4. The molecule has 0 atom stereocenters. The van der Waals surface area contributed by atoms with Crippen molar-refractivity contribution in [3.63, 3.8) is 0 Å². The summed E-state index contributed by atoms with van der Waals surface area (Å²) in [5, 5.41) is 5.68. The minimum absolute atomic E-state index is 0.0201.